The van der Waals surface area contributed by atoms with Crippen LogP contribution in [0.15, 0.2) is 42.9 Å². The summed E-state index contributed by atoms with van der Waals surface area (Å²) in [5.74, 6) is 1.36. The normalized spacial score (nSPS) is 22.6. The van der Waals surface area contributed by atoms with Crippen LogP contribution in [0.3, 0.4) is 0 Å². The SMILES string of the molecule is CC(C)N1c2nccnc2N(C2CC(Nc3ncc4ccccc4n3)C2)S1(=O)=O. The Morgan fingerprint density at radius 3 is 2.55 bits per heavy atom. The summed E-state index contributed by atoms with van der Waals surface area (Å²) < 4.78 is 29.1. The first-order chi connectivity index (χ1) is 13.9. The van der Waals surface area contributed by atoms with Crippen molar-refractivity contribution >= 4 is 38.7 Å². The minimum absolute atomic E-state index is 0.101. The number of hydrogen-bond donors (Lipinski definition) is 1. The monoisotopic (exact) mass is 411 g/mol. The van der Waals surface area contributed by atoms with Crippen LogP contribution in [-0.2, 0) is 10.2 Å². The van der Waals surface area contributed by atoms with E-state index in [1.165, 1.54) is 21.0 Å². The van der Waals surface area contributed by atoms with Crippen molar-refractivity contribution in [2.75, 3.05) is 13.9 Å². The predicted octanol–water partition coefficient (Wildman–Crippen LogP) is 2.34. The number of aromatic nitrogens is 4. The Balaban J connectivity index is 1.35. The van der Waals surface area contributed by atoms with Gasteiger partial charge in [-0.3, -0.25) is 0 Å². The fourth-order valence-corrected chi connectivity index (χ4v) is 5.91. The first-order valence-electron chi connectivity index (χ1n) is 9.58. The third-order valence-electron chi connectivity index (χ3n) is 5.31. The average molecular weight is 411 g/mol. The van der Waals surface area contributed by atoms with Gasteiger partial charge in [-0.1, -0.05) is 18.2 Å². The van der Waals surface area contributed by atoms with Crippen LogP contribution in [0.5, 0.6) is 0 Å². The highest BCUT2D eigenvalue weighted by Gasteiger charge is 2.50. The summed E-state index contributed by atoms with van der Waals surface area (Å²) in [5.41, 5.74) is 0.875. The second-order valence-electron chi connectivity index (χ2n) is 7.62. The second-order valence-corrected chi connectivity index (χ2v) is 9.30. The van der Waals surface area contributed by atoms with E-state index in [9.17, 15) is 8.42 Å². The van der Waals surface area contributed by atoms with Crippen LogP contribution in [0.2, 0.25) is 0 Å². The van der Waals surface area contributed by atoms with Crippen molar-refractivity contribution in [1.82, 2.24) is 19.9 Å². The minimum atomic E-state index is -3.69. The number of hydrogen-bond acceptors (Lipinski definition) is 7. The Morgan fingerprint density at radius 1 is 1.07 bits per heavy atom. The molecule has 5 rings (SSSR count). The molecule has 0 amide bonds. The molecule has 10 heteroatoms. The van der Waals surface area contributed by atoms with Gasteiger partial charge in [0.15, 0.2) is 11.6 Å². The van der Waals surface area contributed by atoms with Gasteiger partial charge in [-0.2, -0.15) is 8.42 Å². The average Bonchev–Trinajstić information content (AvgIpc) is 2.90. The first-order valence-corrected chi connectivity index (χ1v) is 11.0. The highest BCUT2D eigenvalue weighted by atomic mass is 32.2. The van der Waals surface area contributed by atoms with Crippen LogP contribution >= 0.6 is 0 Å². The largest absolute Gasteiger partial charge is 0.351 e. The van der Waals surface area contributed by atoms with Gasteiger partial charge in [0.05, 0.1) is 11.6 Å². The Morgan fingerprint density at radius 2 is 1.79 bits per heavy atom. The molecule has 9 nitrogen and oxygen atoms in total. The van der Waals surface area contributed by atoms with Gasteiger partial charge < -0.3 is 5.32 Å². The standard InChI is InChI=1S/C19H21N7O2S/c1-12(2)25-17-18(21-8-7-20-17)26(29(25,27)28)15-9-14(10-15)23-19-22-11-13-5-3-4-6-16(13)24-19/h3-8,11-12,14-15H,9-10H2,1-2H3,(H,22,23,24). The summed E-state index contributed by atoms with van der Waals surface area (Å²) in [6.45, 7) is 3.67. The number of fused-ring (bicyclic) bond motifs is 2. The molecule has 0 saturated heterocycles. The molecular weight excluding hydrogens is 390 g/mol. The molecule has 1 saturated carbocycles. The summed E-state index contributed by atoms with van der Waals surface area (Å²) in [6.07, 6.45) is 6.14. The maximum absolute atomic E-state index is 13.2. The molecule has 0 radical (unpaired) electrons. The van der Waals surface area contributed by atoms with Crippen molar-refractivity contribution in [3.63, 3.8) is 0 Å². The molecule has 3 heterocycles. The van der Waals surface area contributed by atoms with Gasteiger partial charge in [0.1, 0.15) is 0 Å². The van der Waals surface area contributed by atoms with E-state index in [1.54, 1.807) is 6.20 Å². The quantitative estimate of drug-likeness (QED) is 0.703. The fourth-order valence-electron chi connectivity index (χ4n) is 3.94. The lowest BCUT2D eigenvalue weighted by molar-refractivity contribution is 0.372. The van der Waals surface area contributed by atoms with E-state index in [2.05, 4.69) is 25.3 Å². The topological polar surface area (TPSA) is 104 Å². The molecule has 2 aromatic heterocycles. The highest BCUT2D eigenvalue weighted by molar-refractivity contribution is 7.94. The Kier molecular flexibility index (Phi) is 4.05. The van der Waals surface area contributed by atoms with Crippen LogP contribution in [0.4, 0.5) is 17.6 Å². The molecular formula is C19H21N7O2S. The van der Waals surface area contributed by atoms with E-state index in [0.29, 0.717) is 30.4 Å². The summed E-state index contributed by atoms with van der Waals surface area (Å²) in [5, 5.41) is 4.30. The Hall–Kier alpha value is -3.01. The van der Waals surface area contributed by atoms with Crippen LogP contribution in [0, 0.1) is 0 Å². The third-order valence-corrected chi connectivity index (χ3v) is 7.37. The van der Waals surface area contributed by atoms with Gasteiger partial charge in [-0.15, -0.1) is 0 Å². The van der Waals surface area contributed by atoms with E-state index < -0.39 is 10.2 Å². The van der Waals surface area contributed by atoms with Crippen molar-refractivity contribution < 1.29 is 8.42 Å². The van der Waals surface area contributed by atoms with Crippen molar-refractivity contribution in [2.24, 2.45) is 0 Å². The van der Waals surface area contributed by atoms with Crippen molar-refractivity contribution in [3.05, 3.63) is 42.9 Å². The van der Waals surface area contributed by atoms with Gasteiger partial charge >= 0.3 is 10.2 Å². The highest BCUT2D eigenvalue weighted by Crippen LogP contribution is 2.44. The molecule has 1 N–H and O–H groups in total. The lowest BCUT2D eigenvalue weighted by atomic mass is 9.87. The maximum Gasteiger partial charge on any atom is 0.329 e. The van der Waals surface area contributed by atoms with Gasteiger partial charge in [-0.25, -0.2) is 28.5 Å². The summed E-state index contributed by atoms with van der Waals surface area (Å²) in [7, 11) is -3.69. The fraction of sp³-hybridized carbons (Fsp3) is 0.368. The number of nitrogens with one attached hydrogen (secondary N) is 1. The predicted molar refractivity (Wildman–Crippen MR) is 111 cm³/mol. The maximum atomic E-state index is 13.2. The Labute approximate surface area is 169 Å². The molecule has 1 aromatic carbocycles. The zero-order chi connectivity index (χ0) is 20.2. The van der Waals surface area contributed by atoms with Gasteiger partial charge in [0.25, 0.3) is 0 Å². The summed E-state index contributed by atoms with van der Waals surface area (Å²) >= 11 is 0. The number of nitrogens with zero attached hydrogens (tertiary/aromatic N) is 6. The Bertz CT molecular complexity index is 1180. The minimum Gasteiger partial charge on any atom is -0.351 e. The number of para-hydroxylation sites is 1. The van der Waals surface area contributed by atoms with E-state index in [-0.39, 0.29) is 18.1 Å². The van der Waals surface area contributed by atoms with Gasteiger partial charge in [0, 0.05) is 36.1 Å². The van der Waals surface area contributed by atoms with Crippen LogP contribution in [0.25, 0.3) is 10.9 Å². The van der Waals surface area contributed by atoms with Gasteiger partial charge in [0.2, 0.25) is 5.95 Å². The zero-order valence-electron chi connectivity index (χ0n) is 16.1. The molecule has 1 aliphatic carbocycles. The van der Waals surface area contributed by atoms with Crippen molar-refractivity contribution in [1.29, 1.82) is 0 Å². The third kappa shape index (κ3) is 2.86. The molecule has 3 aromatic rings. The molecule has 0 atom stereocenters. The van der Waals surface area contributed by atoms with Crippen molar-refractivity contribution in [3.8, 4) is 0 Å². The van der Waals surface area contributed by atoms with E-state index in [1.807, 2.05) is 38.1 Å². The molecule has 0 spiro atoms. The molecule has 1 fully saturated rings. The zero-order valence-corrected chi connectivity index (χ0v) is 16.9. The molecule has 29 heavy (non-hydrogen) atoms. The molecule has 150 valence electrons. The second kappa shape index (κ2) is 6.51. The van der Waals surface area contributed by atoms with Crippen LogP contribution in [-0.4, -0.2) is 46.5 Å². The lowest BCUT2D eigenvalue weighted by Gasteiger charge is -2.41. The first kappa shape index (κ1) is 18.0. The van der Waals surface area contributed by atoms with Crippen LogP contribution < -0.4 is 13.9 Å². The van der Waals surface area contributed by atoms with Crippen molar-refractivity contribution in [2.45, 2.75) is 44.8 Å². The molecule has 0 bridgehead atoms. The molecule has 2 aliphatic rings. The summed E-state index contributed by atoms with van der Waals surface area (Å²) in [6, 6.07) is 7.50. The summed E-state index contributed by atoms with van der Waals surface area (Å²) in [4.78, 5) is 17.5. The number of benzene rings is 1. The molecule has 1 aliphatic heterocycles. The van der Waals surface area contributed by atoms with Crippen LogP contribution in [0.1, 0.15) is 26.7 Å². The van der Waals surface area contributed by atoms with E-state index in [4.69, 9.17) is 0 Å². The lowest BCUT2D eigenvalue weighted by Crippen LogP contribution is -2.54. The number of rotatable bonds is 4. The van der Waals surface area contributed by atoms with E-state index >= 15 is 0 Å². The molecule has 0 unspecified atom stereocenters. The smallest absolute Gasteiger partial charge is 0.329 e. The van der Waals surface area contributed by atoms with E-state index in [0.717, 1.165) is 10.9 Å². The van der Waals surface area contributed by atoms with Gasteiger partial charge in [-0.05, 0) is 32.8 Å². The number of anilines is 3.